The smallest absolute Gasteiger partial charge is 0.265 e. The second-order valence-electron chi connectivity index (χ2n) is 6.90. The highest BCUT2D eigenvalue weighted by Crippen LogP contribution is 2.33. The summed E-state index contributed by atoms with van der Waals surface area (Å²) in [6, 6.07) is 8.51. The molecule has 1 amide bonds. The number of aromatic nitrogens is 3. The molecule has 134 valence electrons. The summed E-state index contributed by atoms with van der Waals surface area (Å²) < 4.78 is 0. The number of nitrogens with zero attached hydrogens (tertiary/aromatic N) is 3. The van der Waals surface area contributed by atoms with Crippen LogP contribution >= 0.6 is 11.3 Å². The zero-order chi connectivity index (χ0) is 18.1. The number of rotatable bonds is 3. The molecule has 4 rings (SSSR count). The number of carbonyl (C=O) groups excluding carboxylic acids is 1. The van der Waals surface area contributed by atoms with Crippen molar-refractivity contribution in [2.75, 3.05) is 13.1 Å². The van der Waals surface area contributed by atoms with E-state index in [0.717, 1.165) is 47.1 Å². The highest BCUT2D eigenvalue weighted by atomic mass is 32.1. The molecule has 3 heterocycles. The van der Waals surface area contributed by atoms with Crippen molar-refractivity contribution in [3.05, 3.63) is 57.8 Å². The average Bonchev–Trinajstić information content (AvgIpc) is 3.31. The fourth-order valence-electron chi connectivity index (χ4n) is 3.58. The number of likely N-dealkylation sites (tertiary alicyclic amines) is 1. The highest BCUT2D eigenvalue weighted by molar-refractivity contribution is 7.13. The Bertz CT molecular complexity index is 912. The van der Waals surface area contributed by atoms with E-state index in [9.17, 15) is 4.79 Å². The molecule has 0 saturated carbocycles. The molecule has 0 radical (unpaired) electrons. The number of aromatic amines is 1. The van der Waals surface area contributed by atoms with Gasteiger partial charge in [0.05, 0.1) is 17.4 Å². The molecule has 1 unspecified atom stereocenters. The Balaban J connectivity index is 1.56. The van der Waals surface area contributed by atoms with Crippen LogP contribution in [0.5, 0.6) is 0 Å². The van der Waals surface area contributed by atoms with Gasteiger partial charge in [-0.15, -0.1) is 11.3 Å². The van der Waals surface area contributed by atoms with E-state index in [1.807, 2.05) is 18.0 Å². The summed E-state index contributed by atoms with van der Waals surface area (Å²) in [5, 5.41) is 8.41. The normalized spacial score (nSPS) is 17.5. The van der Waals surface area contributed by atoms with Crippen LogP contribution in [0.25, 0.3) is 11.1 Å². The van der Waals surface area contributed by atoms with Crippen molar-refractivity contribution in [2.45, 2.75) is 32.6 Å². The Morgan fingerprint density at radius 3 is 2.77 bits per heavy atom. The zero-order valence-electron chi connectivity index (χ0n) is 15.0. The van der Waals surface area contributed by atoms with Crippen LogP contribution in [0.15, 0.2) is 36.7 Å². The molecule has 0 bridgehead atoms. The van der Waals surface area contributed by atoms with Gasteiger partial charge < -0.3 is 4.90 Å². The Morgan fingerprint density at radius 2 is 2.04 bits per heavy atom. The van der Waals surface area contributed by atoms with E-state index >= 15 is 0 Å². The number of hydrogen-bond acceptors (Lipinski definition) is 4. The second kappa shape index (κ2) is 7.03. The Hall–Kier alpha value is -2.47. The van der Waals surface area contributed by atoms with E-state index in [4.69, 9.17) is 0 Å². The average molecular weight is 366 g/mol. The van der Waals surface area contributed by atoms with Crippen LogP contribution in [-0.4, -0.2) is 39.1 Å². The van der Waals surface area contributed by atoms with Crippen molar-refractivity contribution in [2.24, 2.45) is 0 Å². The fraction of sp³-hybridized carbons (Fsp3) is 0.350. The summed E-state index contributed by atoms with van der Waals surface area (Å²) in [6.07, 6.45) is 5.65. The summed E-state index contributed by atoms with van der Waals surface area (Å²) in [6.45, 7) is 5.54. The van der Waals surface area contributed by atoms with Gasteiger partial charge in [-0.25, -0.2) is 4.98 Å². The lowest BCUT2D eigenvalue weighted by Crippen LogP contribution is -2.39. The Morgan fingerprint density at radius 1 is 1.23 bits per heavy atom. The van der Waals surface area contributed by atoms with Crippen LogP contribution in [0.3, 0.4) is 0 Å². The van der Waals surface area contributed by atoms with Crippen molar-refractivity contribution in [3.63, 3.8) is 0 Å². The molecular formula is C20H22N4OS. The monoisotopic (exact) mass is 366 g/mol. The molecule has 1 aromatic carbocycles. The second-order valence-corrected chi connectivity index (χ2v) is 8.13. The number of piperidine rings is 1. The lowest BCUT2D eigenvalue weighted by atomic mass is 9.90. The number of benzene rings is 1. The van der Waals surface area contributed by atoms with Gasteiger partial charge >= 0.3 is 0 Å². The molecule has 6 heteroatoms. The molecule has 26 heavy (non-hydrogen) atoms. The van der Waals surface area contributed by atoms with Crippen LogP contribution in [0, 0.1) is 13.8 Å². The molecule has 2 aromatic heterocycles. The number of amides is 1. The third-order valence-electron chi connectivity index (χ3n) is 4.98. The first-order valence-corrected chi connectivity index (χ1v) is 9.75. The van der Waals surface area contributed by atoms with Gasteiger partial charge in [-0.05, 0) is 32.3 Å². The van der Waals surface area contributed by atoms with Crippen LogP contribution in [-0.2, 0) is 0 Å². The third-order valence-corrected chi connectivity index (χ3v) is 5.88. The summed E-state index contributed by atoms with van der Waals surface area (Å²) in [5.74, 6) is 0.372. The maximum atomic E-state index is 12.8. The van der Waals surface area contributed by atoms with E-state index in [1.165, 1.54) is 22.5 Å². The largest absolute Gasteiger partial charge is 0.337 e. The van der Waals surface area contributed by atoms with Crippen LogP contribution in [0.1, 0.15) is 44.7 Å². The van der Waals surface area contributed by atoms with Crippen LogP contribution < -0.4 is 0 Å². The van der Waals surface area contributed by atoms with Crippen molar-refractivity contribution in [1.29, 1.82) is 0 Å². The van der Waals surface area contributed by atoms with Crippen LogP contribution in [0.2, 0.25) is 0 Å². The maximum absolute atomic E-state index is 12.8. The molecule has 1 fully saturated rings. The van der Waals surface area contributed by atoms with Gasteiger partial charge in [0.2, 0.25) is 0 Å². The summed E-state index contributed by atoms with van der Waals surface area (Å²) in [5.41, 5.74) is 4.68. The van der Waals surface area contributed by atoms with Gasteiger partial charge in [0.1, 0.15) is 4.88 Å². The summed E-state index contributed by atoms with van der Waals surface area (Å²) in [4.78, 5) is 19.7. The lowest BCUT2D eigenvalue weighted by Gasteiger charge is -2.32. The van der Waals surface area contributed by atoms with E-state index < -0.39 is 0 Å². The fourth-order valence-corrected chi connectivity index (χ4v) is 4.33. The first kappa shape index (κ1) is 17.0. The number of carbonyl (C=O) groups is 1. The number of H-pyrrole nitrogens is 1. The van der Waals surface area contributed by atoms with Crippen LogP contribution in [0.4, 0.5) is 0 Å². The minimum atomic E-state index is 0.0942. The quantitative estimate of drug-likeness (QED) is 0.757. The summed E-state index contributed by atoms with van der Waals surface area (Å²) >= 11 is 1.47. The van der Waals surface area contributed by atoms with E-state index in [2.05, 4.69) is 46.4 Å². The minimum absolute atomic E-state index is 0.0942. The minimum Gasteiger partial charge on any atom is -0.337 e. The van der Waals surface area contributed by atoms with E-state index in [1.54, 1.807) is 6.20 Å². The molecule has 0 spiro atoms. The molecule has 1 atom stereocenters. The standard InChI is InChI=1S/C20H22N4OS/c1-13-5-7-15(8-6-13)17-10-22-23-19(17)16-4-3-9-24(12-16)20(25)18-11-21-14(2)26-18/h5-8,10-11,16H,3-4,9,12H2,1-2H3,(H,22,23). The summed E-state index contributed by atoms with van der Waals surface area (Å²) in [7, 11) is 0. The predicted octanol–water partition coefficient (Wildman–Crippen LogP) is 4.17. The Kier molecular flexibility index (Phi) is 4.59. The molecule has 5 nitrogen and oxygen atoms in total. The van der Waals surface area contributed by atoms with Crippen molar-refractivity contribution < 1.29 is 4.79 Å². The van der Waals surface area contributed by atoms with E-state index in [0.29, 0.717) is 0 Å². The zero-order valence-corrected chi connectivity index (χ0v) is 15.8. The number of aryl methyl sites for hydroxylation is 2. The van der Waals surface area contributed by atoms with Gasteiger partial charge in [0.15, 0.2) is 0 Å². The molecule has 3 aromatic rings. The number of nitrogens with one attached hydrogen (secondary N) is 1. The predicted molar refractivity (Wildman–Crippen MR) is 103 cm³/mol. The van der Waals surface area contributed by atoms with E-state index in [-0.39, 0.29) is 11.8 Å². The molecule has 1 aliphatic rings. The van der Waals surface area contributed by atoms with Gasteiger partial charge in [0, 0.05) is 30.3 Å². The first-order valence-electron chi connectivity index (χ1n) is 8.94. The van der Waals surface area contributed by atoms with Crippen molar-refractivity contribution in [3.8, 4) is 11.1 Å². The molecule has 0 aliphatic carbocycles. The van der Waals surface area contributed by atoms with Gasteiger partial charge in [-0.3, -0.25) is 9.89 Å². The SMILES string of the molecule is Cc1ccc(-c2cn[nH]c2C2CCCN(C(=O)c3cnc(C)s3)C2)cc1. The lowest BCUT2D eigenvalue weighted by molar-refractivity contribution is 0.0710. The molecule has 1 aliphatic heterocycles. The molecule has 1 N–H and O–H groups in total. The third kappa shape index (κ3) is 3.29. The molecular weight excluding hydrogens is 344 g/mol. The van der Waals surface area contributed by atoms with Gasteiger partial charge in [0.25, 0.3) is 5.91 Å². The topological polar surface area (TPSA) is 61.9 Å². The highest BCUT2D eigenvalue weighted by Gasteiger charge is 2.28. The Labute approximate surface area is 157 Å². The van der Waals surface area contributed by atoms with Gasteiger partial charge in [-0.1, -0.05) is 29.8 Å². The maximum Gasteiger partial charge on any atom is 0.265 e. The van der Waals surface area contributed by atoms with Crippen molar-refractivity contribution in [1.82, 2.24) is 20.1 Å². The van der Waals surface area contributed by atoms with Crippen molar-refractivity contribution >= 4 is 17.2 Å². The molecule has 1 saturated heterocycles. The number of thiazole rings is 1. The first-order chi connectivity index (χ1) is 12.6. The number of hydrogen-bond donors (Lipinski definition) is 1. The van der Waals surface area contributed by atoms with Gasteiger partial charge in [-0.2, -0.15) is 5.10 Å².